The van der Waals surface area contributed by atoms with Gasteiger partial charge in [-0.05, 0) is 32.2 Å². The molecule has 0 spiro atoms. The Morgan fingerprint density at radius 2 is 1.94 bits per heavy atom. The first-order chi connectivity index (χ1) is 14.9. The maximum atomic E-state index is 12.3. The average Bonchev–Trinajstić information content (AvgIpc) is 2.74. The second kappa shape index (κ2) is 9.17. The van der Waals surface area contributed by atoms with E-state index in [4.69, 9.17) is 27.9 Å². The lowest BCUT2D eigenvalue weighted by molar-refractivity contribution is -0.118. The number of fused-ring (bicyclic) bond motifs is 1. The van der Waals surface area contributed by atoms with Gasteiger partial charge in [0.15, 0.2) is 18.1 Å². The minimum absolute atomic E-state index is 0.237. The Kier molecular flexibility index (Phi) is 6.35. The van der Waals surface area contributed by atoms with E-state index in [1.807, 2.05) is 6.92 Å². The zero-order valence-corrected chi connectivity index (χ0v) is 18.6. The van der Waals surface area contributed by atoms with Crippen LogP contribution in [0.25, 0.3) is 11.2 Å². The fourth-order valence-electron chi connectivity index (χ4n) is 3.15. The fourth-order valence-corrected chi connectivity index (χ4v) is 3.62. The van der Waals surface area contributed by atoms with Crippen LogP contribution in [0.4, 0.5) is 11.8 Å². The topological polar surface area (TPSA) is 96.4 Å². The lowest BCUT2D eigenvalue weighted by atomic mass is 10.3. The molecule has 1 aliphatic heterocycles. The molecule has 3 heterocycles. The van der Waals surface area contributed by atoms with Crippen molar-refractivity contribution in [2.24, 2.45) is 0 Å². The summed E-state index contributed by atoms with van der Waals surface area (Å²) >= 11 is 11.9. The van der Waals surface area contributed by atoms with Gasteiger partial charge in [0.1, 0.15) is 11.3 Å². The third-order valence-corrected chi connectivity index (χ3v) is 5.41. The van der Waals surface area contributed by atoms with Gasteiger partial charge in [-0.1, -0.05) is 23.2 Å². The van der Waals surface area contributed by atoms with E-state index in [0.29, 0.717) is 44.4 Å². The molecule has 0 saturated carbocycles. The van der Waals surface area contributed by atoms with Crippen molar-refractivity contribution in [2.75, 3.05) is 50.1 Å². The molecular formula is C20H21Cl2N7O2. The standard InChI is InChI=1S/C20H21Cl2N7O2/c1-12-18-19(27-20(24-12)29-7-5-28(2)6-8-29)23-10-16(26-18)25-17(30)11-31-15-4-3-13(21)9-14(15)22/h3-4,9-10H,5-8,11H2,1-2H3,(H,25,26,30). The summed E-state index contributed by atoms with van der Waals surface area (Å²) in [5.74, 6) is 0.915. The Morgan fingerprint density at radius 1 is 1.16 bits per heavy atom. The molecular weight excluding hydrogens is 441 g/mol. The van der Waals surface area contributed by atoms with E-state index < -0.39 is 5.91 Å². The number of nitrogens with zero attached hydrogens (tertiary/aromatic N) is 6. The van der Waals surface area contributed by atoms with Gasteiger partial charge in [0.25, 0.3) is 5.91 Å². The van der Waals surface area contributed by atoms with Crippen molar-refractivity contribution in [1.82, 2.24) is 24.8 Å². The number of piperazine rings is 1. The molecule has 0 bridgehead atoms. The van der Waals surface area contributed by atoms with E-state index in [0.717, 1.165) is 26.2 Å². The highest BCUT2D eigenvalue weighted by Gasteiger charge is 2.19. The van der Waals surface area contributed by atoms with Crippen molar-refractivity contribution < 1.29 is 9.53 Å². The van der Waals surface area contributed by atoms with E-state index in [1.165, 1.54) is 6.20 Å². The molecule has 11 heteroatoms. The Morgan fingerprint density at radius 3 is 2.68 bits per heavy atom. The summed E-state index contributed by atoms with van der Waals surface area (Å²) in [4.78, 5) is 34.6. The number of hydrogen-bond acceptors (Lipinski definition) is 8. The van der Waals surface area contributed by atoms with Crippen molar-refractivity contribution in [3.63, 3.8) is 0 Å². The summed E-state index contributed by atoms with van der Waals surface area (Å²) in [5.41, 5.74) is 1.73. The molecule has 4 rings (SSSR count). The van der Waals surface area contributed by atoms with Crippen LogP contribution >= 0.6 is 23.2 Å². The van der Waals surface area contributed by atoms with Gasteiger partial charge >= 0.3 is 0 Å². The summed E-state index contributed by atoms with van der Waals surface area (Å²) in [6.45, 7) is 5.26. The number of halogens is 2. The molecule has 0 atom stereocenters. The summed E-state index contributed by atoms with van der Waals surface area (Å²) in [6.07, 6.45) is 1.47. The minimum atomic E-state index is -0.396. The number of ether oxygens (including phenoxy) is 1. The van der Waals surface area contributed by atoms with Gasteiger partial charge < -0.3 is 19.9 Å². The van der Waals surface area contributed by atoms with Gasteiger partial charge in [0.05, 0.1) is 16.9 Å². The molecule has 1 aromatic carbocycles. The van der Waals surface area contributed by atoms with Crippen LogP contribution in [0.2, 0.25) is 10.0 Å². The molecule has 1 aliphatic rings. The van der Waals surface area contributed by atoms with Crippen molar-refractivity contribution >= 4 is 52.0 Å². The Balaban J connectivity index is 1.44. The first-order valence-electron chi connectivity index (χ1n) is 9.71. The summed E-state index contributed by atoms with van der Waals surface area (Å²) in [7, 11) is 2.10. The highest BCUT2D eigenvalue weighted by molar-refractivity contribution is 6.35. The number of benzene rings is 1. The Labute approximate surface area is 189 Å². The second-order valence-corrected chi connectivity index (χ2v) is 8.08. The quantitative estimate of drug-likeness (QED) is 0.619. The number of anilines is 2. The zero-order chi connectivity index (χ0) is 22.0. The number of carbonyl (C=O) groups is 1. The lowest BCUT2D eigenvalue weighted by Crippen LogP contribution is -2.45. The van der Waals surface area contributed by atoms with Crippen LogP contribution < -0.4 is 15.0 Å². The minimum Gasteiger partial charge on any atom is -0.482 e. The number of rotatable bonds is 5. The molecule has 3 aromatic rings. The second-order valence-electron chi connectivity index (χ2n) is 7.24. The number of aryl methyl sites for hydroxylation is 1. The van der Waals surface area contributed by atoms with Crippen LogP contribution in [0, 0.1) is 6.92 Å². The first-order valence-corrected chi connectivity index (χ1v) is 10.5. The maximum Gasteiger partial charge on any atom is 0.263 e. The monoisotopic (exact) mass is 461 g/mol. The molecule has 0 unspecified atom stereocenters. The summed E-state index contributed by atoms with van der Waals surface area (Å²) in [5, 5.41) is 3.48. The molecule has 1 N–H and O–H groups in total. The number of likely N-dealkylation sites (N-methyl/N-ethyl adjacent to an activating group) is 1. The molecule has 2 aromatic heterocycles. The van der Waals surface area contributed by atoms with Crippen molar-refractivity contribution in [3.8, 4) is 5.75 Å². The predicted octanol–water partition coefficient (Wildman–Crippen LogP) is 2.80. The van der Waals surface area contributed by atoms with Crippen LogP contribution in [0.5, 0.6) is 5.75 Å². The van der Waals surface area contributed by atoms with E-state index in [2.05, 4.69) is 42.1 Å². The van der Waals surface area contributed by atoms with Gasteiger partial charge in [0, 0.05) is 31.2 Å². The van der Waals surface area contributed by atoms with Gasteiger partial charge in [-0.2, -0.15) is 4.98 Å². The van der Waals surface area contributed by atoms with E-state index in [9.17, 15) is 4.79 Å². The van der Waals surface area contributed by atoms with Gasteiger partial charge in [-0.3, -0.25) is 4.79 Å². The number of carbonyl (C=O) groups excluding carboxylic acids is 1. The van der Waals surface area contributed by atoms with E-state index in [-0.39, 0.29) is 6.61 Å². The first kappa shape index (κ1) is 21.5. The molecule has 1 saturated heterocycles. The number of hydrogen-bond donors (Lipinski definition) is 1. The lowest BCUT2D eigenvalue weighted by Gasteiger charge is -2.32. The SMILES string of the molecule is Cc1nc(N2CCN(C)CC2)nc2ncc(NC(=O)COc3ccc(Cl)cc3Cl)nc12. The molecule has 1 amide bonds. The highest BCUT2D eigenvalue weighted by atomic mass is 35.5. The molecule has 0 radical (unpaired) electrons. The van der Waals surface area contributed by atoms with Crippen LogP contribution in [0.1, 0.15) is 5.69 Å². The molecule has 1 fully saturated rings. The molecule has 9 nitrogen and oxygen atoms in total. The third kappa shape index (κ3) is 5.12. The normalized spacial score (nSPS) is 14.6. The molecule has 162 valence electrons. The summed E-state index contributed by atoms with van der Waals surface area (Å²) < 4.78 is 5.44. The van der Waals surface area contributed by atoms with E-state index >= 15 is 0 Å². The van der Waals surface area contributed by atoms with E-state index in [1.54, 1.807) is 18.2 Å². The Bertz CT molecular complexity index is 1120. The van der Waals surface area contributed by atoms with Gasteiger partial charge in [0.2, 0.25) is 5.95 Å². The summed E-state index contributed by atoms with van der Waals surface area (Å²) in [6, 6.07) is 4.78. The predicted molar refractivity (Wildman–Crippen MR) is 120 cm³/mol. The van der Waals surface area contributed by atoms with Crippen LogP contribution in [-0.4, -0.2) is 70.6 Å². The number of nitrogens with one attached hydrogen (secondary N) is 1. The van der Waals surface area contributed by atoms with Crippen LogP contribution in [0.15, 0.2) is 24.4 Å². The van der Waals surface area contributed by atoms with Crippen molar-refractivity contribution in [3.05, 3.63) is 40.1 Å². The smallest absolute Gasteiger partial charge is 0.263 e. The Hall–Kier alpha value is -2.75. The molecule has 31 heavy (non-hydrogen) atoms. The van der Waals surface area contributed by atoms with Crippen LogP contribution in [-0.2, 0) is 4.79 Å². The number of aromatic nitrogens is 4. The van der Waals surface area contributed by atoms with Gasteiger partial charge in [-0.25, -0.2) is 15.0 Å². The van der Waals surface area contributed by atoms with Crippen molar-refractivity contribution in [1.29, 1.82) is 0 Å². The van der Waals surface area contributed by atoms with Crippen LogP contribution in [0.3, 0.4) is 0 Å². The fraction of sp³-hybridized carbons (Fsp3) is 0.350. The van der Waals surface area contributed by atoms with Crippen molar-refractivity contribution in [2.45, 2.75) is 6.92 Å². The van der Waals surface area contributed by atoms with Gasteiger partial charge in [-0.15, -0.1) is 0 Å². The average molecular weight is 462 g/mol. The third-order valence-electron chi connectivity index (χ3n) is 4.88. The maximum absolute atomic E-state index is 12.3. The largest absolute Gasteiger partial charge is 0.482 e. The zero-order valence-electron chi connectivity index (χ0n) is 17.1. The number of amides is 1. The highest BCUT2D eigenvalue weighted by Crippen LogP contribution is 2.27. The molecule has 0 aliphatic carbocycles.